The van der Waals surface area contributed by atoms with Crippen molar-refractivity contribution in [2.45, 2.75) is 16.3 Å². The van der Waals surface area contributed by atoms with Gasteiger partial charge in [-0.2, -0.15) is 0 Å². The quantitative estimate of drug-likeness (QED) is 0.205. The molecule has 0 bridgehead atoms. The molecule has 0 unspecified atom stereocenters. The maximum atomic E-state index is 13.1. The van der Waals surface area contributed by atoms with Crippen LogP contribution in [-0.2, 0) is 31.4 Å². The number of hydrogen-bond donors (Lipinski definition) is 3. The van der Waals surface area contributed by atoms with Gasteiger partial charge in [-0.1, -0.05) is 12.1 Å². The molecule has 41 heavy (non-hydrogen) atoms. The monoisotopic (exact) mass is 597 g/mol. The third-order valence-electron chi connectivity index (χ3n) is 5.70. The average molecular weight is 598 g/mol. The number of carbonyl (C=O) groups is 1. The van der Waals surface area contributed by atoms with Gasteiger partial charge in [0.1, 0.15) is 22.2 Å². The molecule has 0 saturated carbocycles. The Labute approximate surface area is 237 Å². The molecule has 13 heteroatoms. The molecule has 0 saturated heterocycles. The summed E-state index contributed by atoms with van der Waals surface area (Å²) >= 11 is 0. The molecular weight excluding hydrogens is 570 g/mol. The van der Waals surface area contributed by atoms with Crippen LogP contribution in [0.25, 0.3) is 6.08 Å². The predicted octanol–water partition coefficient (Wildman–Crippen LogP) is 4.23. The number of anilines is 2. The minimum absolute atomic E-state index is 0.0169. The second kappa shape index (κ2) is 12.7. The zero-order chi connectivity index (χ0) is 29.5. The van der Waals surface area contributed by atoms with Crippen molar-refractivity contribution < 1.29 is 35.5 Å². The van der Waals surface area contributed by atoms with Crippen LogP contribution in [-0.4, -0.2) is 37.0 Å². The summed E-state index contributed by atoms with van der Waals surface area (Å²) in [6.07, 6.45) is 4.19. The highest BCUT2D eigenvalue weighted by Gasteiger charge is 2.21. The van der Waals surface area contributed by atoms with E-state index in [1.165, 1.54) is 63.0 Å². The molecule has 0 atom stereocenters. The Hall–Kier alpha value is -4.59. The van der Waals surface area contributed by atoms with Crippen molar-refractivity contribution in [3.05, 3.63) is 103 Å². The number of hydrogen-bond acceptors (Lipinski definition) is 8. The molecule has 214 valence electrons. The number of nitrogens with one attached hydrogen (secondary N) is 3. The molecule has 4 aromatic rings. The van der Waals surface area contributed by atoms with Crippen LogP contribution in [0.15, 0.2) is 105 Å². The Balaban J connectivity index is 1.42. The normalized spacial score (nSPS) is 11.8. The van der Waals surface area contributed by atoms with Crippen LogP contribution in [0.2, 0.25) is 0 Å². The van der Waals surface area contributed by atoms with E-state index in [9.17, 15) is 21.6 Å². The van der Waals surface area contributed by atoms with Gasteiger partial charge in [-0.3, -0.25) is 9.52 Å². The molecule has 11 nitrogen and oxygen atoms in total. The molecule has 1 amide bonds. The van der Waals surface area contributed by atoms with E-state index in [1.54, 1.807) is 48.5 Å². The summed E-state index contributed by atoms with van der Waals surface area (Å²) in [5.74, 6) is 0.614. The highest BCUT2D eigenvalue weighted by Crippen LogP contribution is 2.29. The van der Waals surface area contributed by atoms with Gasteiger partial charge >= 0.3 is 0 Å². The predicted molar refractivity (Wildman–Crippen MR) is 154 cm³/mol. The Morgan fingerprint density at radius 2 is 1.56 bits per heavy atom. The van der Waals surface area contributed by atoms with Gasteiger partial charge in [-0.25, -0.2) is 21.6 Å². The number of rotatable bonds is 12. The topological polar surface area (TPSA) is 153 Å². The maximum Gasteiger partial charge on any atom is 0.265 e. The zero-order valence-electron chi connectivity index (χ0n) is 22.0. The van der Waals surface area contributed by atoms with E-state index in [4.69, 9.17) is 13.9 Å². The SMILES string of the molecule is COc1ccc(NS(=O)(=O)c2cc(NC(=O)/C=C/c3ccc(S(=O)(=O)NCc4ccco4)cc3)ccc2OC)cc1. The molecule has 4 rings (SSSR count). The first-order valence-corrected chi connectivity index (χ1v) is 15.0. The Bertz CT molecular complexity index is 1730. The number of carbonyl (C=O) groups excluding carboxylic acids is 1. The van der Waals surface area contributed by atoms with Crippen molar-refractivity contribution >= 4 is 43.4 Å². The van der Waals surface area contributed by atoms with Crippen LogP contribution in [0, 0.1) is 0 Å². The highest BCUT2D eigenvalue weighted by atomic mass is 32.2. The van der Waals surface area contributed by atoms with Gasteiger partial charge in [0.2, 0.25) is 15.9 Å². The summed E-state index contributed by atoms with van der Waals surface area (Å²) in [5, 5.41) is 2.62. The van der Waals surface area contributed by atoms with Gasteiger partial charge in [0.25, 0.3) is 10.0 Å². The minimum Gasteiger partial charge on any atom is -0.497 e. The van der Waals surface area contributed by atoms with Crippen LogP contribution < -0.4 is 24.2 Å². The van der Waals surface area contributed by atoms with Crippen molar-refractivity contribution in [1.29, 1.82) is 0 Å². The molecule has 0 aliphatic rings. The molecule has 0 aliphatic carbocycles. The molecule has 1 heterocycles. The lowest BCUT2D eigenvalue weighted by Gasteiger charge is -2.13. The van der Waals surface area contributed by atoms with Gasteiger partial charge in [-0.15, -0.1) is 0 Å². The van der Waals surface area contributed by atoms with Crippen LogP contribution >= 0.6 is 0 Å². The van der Waals surface area contributed by atoms with Crippen molar-refractivity contribution in [2.75, 3.05) is 24.3 Å². The number of ether oxygens (including phenoxy) is 2. The van der Waals surface area contributed by atoms with E-state index in [0.29, 0.717) is 22.8 Å². The standard InChI is InChI=1S/C28H27N3O8S2/c1-37-23-11-8-21(9-12-23)31-41(35,36)27-18-22(10-15-26(27)38-2)30-28(32)16-7-20-5-13-25(14-6-20)40(33,34)29-19-24-4-3-17-39-24/h3-18,29,31H,19H2,1-2H3,(H,30,32)/b16-7+. The maximum absolute atomic E-state index is 13.1. The molecule has 0 aliphatic heterocycles. The van der Waals surface area contributed by atoms with E-state index in [2.05, 4.69) is 14.8 Å². The van der Waals surface area contributed by atoms with Crippen molar-refractivity contribution in [3.8, 4) is 11.5 Å². The summed E-state index contributed by atoms with van der Waals surface area (Å²) in [5.41, 5.74) is 1.11. The van der Waals surface area contributed by atoms with Gasteiger partial charge in [0.15, 0.2) is 0 Å². The summed E-state index contributed by atoms with van der Waals surface area (Å²) < 4.78 is 71.5. The number of methoxy groups -OCH3 is 2. The Kier molecular flexibility index (Phi) is 9.12. The molecular formula is C28H27N3O8S2. The van der Waals surface area contributed by atoms with Crippen LogP contribution in [0.4, 0.5) is 11.4 Å². The molecule has 1 aromatic heterocycles. The third-order valence-corrected chi connectivity index (χ3v) is 8.52. The van der Waals surface area contributed by atoms with E-state index in [1.807, 2.05) is 0 Å². The van der Waals surface area contributed by atoms with Gasteiger partial charge < -0.3 is 19.2 Å². The lowest BCUT2D eigenvalue weighted by atomic mass is 10.2. The van der Waals surface area contributed by atoms with Crippen LogP contribution in [0.1, 0.15) is 11.3 Å². The smallest absolute Gasteiger partial charge is 0.265 e. The number of amides is 1. The summed E-state index contributed by atoms with van der Waals surface area (Å²) in [7, 11) is -4.97. The number of furan rings is 1. The van der Waals surface area contributed by atoms with Gasteiger partial charge in [0.05, 0.1) is 31.9 Å². The second-order valence-corrected chi connectivity index (χ2v) is 11.9. The van der Waals surface area contributed by atoms with Crippen LogP contribution in [0.3, 0.4) is 0 Å². The highest BCUT2D eigenvalue weighted by molar-refractivity contribution is 7.92. The van der Waals surface area contributed by atoms with E-state index in [-0.39, 0.29) is 27.8 Å². The second-order valence-electron chi connectivity index (χ2n) is 8.50. The first-order chi connectivity index (χ1) is 19.6. The molecule has 3 N–H and O–H groups in total. The Morgan fingerprint density at radius 3 is 2.20 bits per heavy atom. The molecule has 0 radical (unpaired) electrons. The number of sulfonamides is 2. The lowest BCUT2D eigenvalue weighted by molar-refractivity contribution is -0.111. The average Bonchev–Trinajstić information content (AvgIpc) is 3.49. The molecule has 3 aromatic carbocycles. The van der Waals surface area contributed by atoms with Crippen molar-refractivity contribution in [3.63, 3.8) is 0 Å². The van der Waals surface area contributed by atoms with Crippen molar-refractivity contribution in [2.24, 2.45) is 0 Å². The summed E-state index contributed by atoms with van der Waals surface area (Å²) in [6.45, 7) is 0.0169. The largest absolute Gasteiger partial charge is 0.497 e. The van der Waals surface area contributed by atoms with Gasteiger partial charge in [-0.05, 0) is 78.4 Å². The van der Waals surface area contributed by atoms with E-state index in [0.717, 1.165) is 0 Å². The minimum atomic E-state index is -4.07. The fraction of sp³-hybridized carbons (Fsp3) is 0.107. The van der Waals surface area contributed by atoms with E-state index >= 15 is 0 Å². The molecule has 0 spiro atoms. The molecule has 0 fully saturated rings. The summed E-state index contributed by atoms with van der Waals surface area (Å²) in [4.78, 5) is 12.4. The number of benzene rings is 3. The first kappa shape index (κ1) is 29.4. The Morgan fingerprint density at radius 1 is 0.854 bits per heavy atom. The van der Waals surface area contributed by atoms with E-state index < -0.39 is 26.0 Å². The zero-order valence-corrected chi connectivity index (χ0v) is 23.7. The van der Waals surface area contributed by atoms with Crippen molar-refractivity contribution in [1.82, 2.24) is 4.72 Å². The van der Waals surface area contributed by atoms with Crippen LogP contribution in [0.5, 0.6) is 11.5 Å². The lowest BCUT2D eigenvalue weighted by Crippen LogP contribution is -2.22. The fourth-order valence-electron chi connectivity index (χ4n) is 3.61. The van der Waals surface area contributed by atoms with Gasteiger partial charge in [0, 0.05) is 17.5 Å². The summed E-state index contributed by atoms with van der Waals surface area (Å²) in [6, 6.07) is 19.8. The first-order valence-electron chi connectivity index (χ1n) is 12.1. The third kappa shape index (κ3) is 7.75. The fourth-order valence-corrected chi connectivity index (χ4v) is 5.86.